The van der Waals surface area contributed by atoms with Crippen molar-refractivity contribution in [3.63, 3.8) is 0 Å². The second-order valence-electron chi connectivity index (χ2n) is 4.29. The molecule has 0 spiro atoms. The molecule has 1 aliphatic carbocycles. The Morgan fingerprint density at radius 1 is 1.32 bits per heavy atom. The molecule has 0 fully saturated rings. The lowest BCUT2D eigenvalue weighted by Gasteiger charge is -2.21. The Labute approximate surface area is 111 Å². The normalized spacial score (nSPS) is 14.1. The summed E-state index contributed by atoms with van der Waals surface area (Å²) >= 11 is 0. The fourth-order valence-electron chi connectivity index (χ4n) is 2.20. The van der Waals surface area contributed by atoms with Gasteiger partial charge in [0.2, 0.25) is 0 Å². The van der Waals surface area contributed by atoms with Gasteiger partial charge in [-0.15, -0.1) is 0 Å². The molecule has 5 heteroatoms. The molecule has 0 aromatic heterocycles. The van der Waals surface area contributed by atoms with Crippen LogP contribution in [0.4, 0.5) is 15.8 Å². The summed E-state index contributed by atoms with van der Waals surface area (Å²) in [6, 6.07) is 4.47. The van der Waals surface area contributed by atoms with Gasteiger partial charge >= 0.3 is 0 Å². The number of hydrogen-bond acceptors (Lipinski definition) is 2. The number of rotatable bonds is 3. The Morgan fingerprint density at radius 2 is 2.11 bits per heavy atom. The molecule has 2 N–H and O–H groups in total. The molecule has 96 valence electrons. The summed E-state index contributed by atoms with van der Waals surface area (Å²) in [4.78, 5) is 8.57. The Balaban J connectivity index is 2.44. The molecule has 1 aromatic rings. The molecule has 0 unspecified atom stereocenters. The van der Waals surface area contributed by atoms with Crippen LogP contribution in [0.2, 0.25) is 0 Å². The zero-order chi connectivity index (χ0) is 13.8. The van der Waals surface area contributed by atoms with Crippen LogP contribution in [0.15, 0.2) is 29.6 Å². The number of nitrogens with two attached hydrogens (primary N) is 1. The number of anilines is 2. The molecular formula is C14H13FN4. The molecule has 4 nitrogen and oxygen atoms in total. The lowest BCUT2D eigenvalue weighted by Crippen LogP contribution is -2.21. The van der Waals surface area contributed by atoms with Crippen LogP contribution in [0, 0.1) is 19.0 Å². The van der Waals surface area contributed by atoms with E-state index in [0.717, 1.165) is 25.0 Å². The minimum atomic E-state index is -0.504. The van der Waals surface area contributed by atoms with E-state index in [9.17, 15) is 4.39 Å². The largest absolute Gasteiger partial charge is 0.396 e. The zero-order valence-electron chi connectivity index (χ0n) is 10.4. The first-order valence-electron chi connectivity index (χ1n) is 5.92. The van der Waals surface area contributed by atoms with Crippen molar-refractivity contribution in [2.24, 2.45) is 0 Å². The van der Waals surface area contributed by atoms with Gasteiger partial charge in [0.15, 0.2) is 5.70 Å². The second kappa shape index (κ2) is 5.41. The van der Waals surface area contributed by atoms with Gasteiger partial charge in [-0.25, -0.2) is 15.8 Å². The van der Waals surface area contributed by atoms with Crippen molar-refractivity contribution in [3.8, 4) is 0 Å². The molecule has 0 saturated heterocycles. The average Bonchev–Trinajstić information content (AvgIpc) is 2.87. The van der Waals surface area contributed by atoms with Crippen LogP contribution in [-0.2, 0) is 0 Å². The second-order valence-corrected chi connectivity index (χ2v) is 4.29. The quantitative estimate of drug-likeness (QED) is 0.664. The Morgan fingerprint density at radius 3 is 2.74 bits per heavy atom. The molecule has 0 radical (unpaired) electrons. The smallest absolute Gasteiger partial charge is 0.292 e. The molecule has 0 saturated carbocycles. The van der Waals surface area contributed by atoms with Crippen molar-refractivity contribution in [1.82, 2.24) is 0 Å². The Kier molecular flexibility index (Phi) is 3.68. The van der Waals surface area contributed by atoms with E-state index in [1.54, 1.807) is 11.0 Å². The van der Waals surface area contributed by atoms with Crippen molar-refractivity contribution in [2.75, 3.05) is 17.3 Å². The van der Waals surface area contributed by atoms with E-state index < -0.39 is 5.82 Å². The van der Waals surface area contributed by atoms with Crippen LogP contribution in [0.3, 0.4) is 0 Å². The van der Waals surface area contributed by atoms with Gasteiger partial charge in [-0.3, -0.25) is 9.74 Å². The third-order valence-electron chi connectivity index (χ3n) is 3.13. The third kappa shape index (κ3) is 2.51. The molecule has 0 aliphatic heterocycles. The minimum Gasteiger partial charge on any atom is -0.396 e. The predicted octanol–water partition coefficient (Wildman–Crippen LogP) is 3.41. The molecule has 19 heavy (non-hydrogen) atoms. The van der Waals surface area contributed by atoms with Crippen LogP contribution in [-0.4, -0.2) is 6.67 Å². The van der Waals surface area contributed by atoms with E-state index in [1.807, 2.05) is 0 Å². The maximum atomic E-state index is 13.5. The maximum absolute atomic E-state index is 13.5. The van der Waals surface area contributed by atoms with E-state index in [-0.39, 0.29) is 12.4 Å². The highest BCUT2D eigenvalue weighted by Crippen LogP contribution is 2.33. The topological polar surface area (TPSA) is 38.0 Å². The fraction of sp³-hybridized carbons (Fsp3) is 0.286. The maximum Gasteiger partial charge on any atom is 0.292 e. The Hall–Kier alpha value is -2.53. The van der Waals surface area contributed by atoms with E-state index in [4.69, 9.17) is 18.9 Å². The molecular weight excluding hydrogens is 243 g/mol. The zero-order valence-corrected chi connectivity index (χ0v) is 10.4. The van der Waals surface area contributed by atoms with Crippen LogP contribution >= 0.6 is 0 Å². The summed E-state index contributed by atoms with van der Waals surface area (Å²) in [5, 5.41) is 0. The highest BCUT2D eigenvalue weighted by atomic mass is 19.1. The van der Waals surface area contributed by atoms with Gasteiger partial charge in [0.1, 0.15) is 5.82 Å². The Bertz CT molecular complexity index is 607. The van der Waals surface area contributed by atoms with Crippen LogP contribution in [0.25, 0.3) is 9.69 Å². The van der Waals surface area contributed by atoms with Gasteiger partial charge in [0.05, 0.1) is 12.3 Å². The highest BCUT2D eigenvalue weighted by Gasteiger charge is 2.23. The third-order valence-corrected chi connectivity index (χ3v) is 3.13. The minimum absolute atomic E-state index is 0.0808. The van der Waals surface area contributed by atoms with E-state index in [1.165, 1.54) is 12.1 Å². The molecule has 0 amide bonds. The monoisotopic (exact) mass is 256 g/mol. The van der Waals surface area contributed by atoms with Crippen molar-refractivity contribution in [3.05, 3.63) is 58.2 Å². The van der Waals surface area contributed by atoms with Crippen molar-refractivity contribution < 1.29 is 4.39 Å². The summed E-state index contributed by atoms with van der Waals surface area (Å²) in [6.07, 6.45) is 2.38. The SMILES string of the molecule is [C-]#[N+]CN(C1=C([N+]#[C-])CCC1)c1ccc(N)c(F)c1. The van der Waals surface area contributed by atoms with Crippen LogP contribution in [0.1, 0.15) is 19.3 Å². The van der Waals surface area contributed by atoms with Crippen LogP contribution in [0.5, 0.6) is 0 Å². The standard InChI is InChI=1S/C14H13FN4/c1-17-9-19(14-5-3-4-13(14)18-2)10-6-7-12(16)11(15)8-10/h6-8H,3-5,9,16H2. The number of benzene rings is 1. The molecule has 0 heterocycles. The summed E-state index contributed by atoms with van der Waals surface area (Å²) in [5.41, 5.74) is 7.60. The predicted molar refractivity (Wildman–Crippen MR) is 72.2 cm³/mol. The fourth-order valence-corrected chi connectivity index (χ4v) is 2.20. The van der Waals surface area contributed by atoms with Crippen LogP contribution < -0.4 is 10.6 Å². The summed E-state index contributed by atoms with van der Waals surface area (Å²) in [7, 11) is 0. The molecule has 0 atom stereocenters. The average molecular weight is 256 g/mol. The number of allylic oxidation sites excluding steroid dienone is 2. The molecule has 2 rings (SSSR count). The summed E-state index contributed by atoms with van der Waals surface area (Å²) in [5.74, 6) is -0.504. The summed E-state index contributed by atoms with van der Waals surface area (Å²) in [6.45, 7) is 14.3. The van der Waals surface area contributed by atoms with Gasteiger partial charge in [-0.05, 0) is 31.0 Å². The lowest BCUT2D eigenvalue weighted by atomic mass is 10.2. The van der Waals surface area contributed by atoms with E-state index >= 15 is 0 Å². The van der Waals surface area contributed by atoms with Crippen molar-refractivity contribution >= 4 is 11.4 Å². The van der Waals surface area contributed by atoms with Gasteiger partial charge in [0, 0.05) is 11.4 Å². The number of nitrogen functional groups attached to an aromatic ring is 1. The highest BCUT2D eigenvalue weighted by molar-refractivity contribution is 5.59. The van der Waals surface area contributed by atoms with E-state index in [0.29, 0.717) is 11.4 Å². The van der Waals surface area contributed by atoms with Gasteiger partial charge in [-0.2, -0.15) is 0 Å². The number of hydrogen-bond donors (Lipinski definition) is 1. The van der Waals surface area contributed by atoms with Gasteiger partial charge < -0.3 is 5.73 Å². The molecule has 0 bridgehead atoms. The van der Waals surface area contributed by atoms with Crippen molar-refractivity contribution in [2.45, 2.75) is 19.3 Å². The number of nitrogens with zero attached hydrogens (tertiary/aromatic N) is 3. The van der Waals surface area contributed by atoms with Gasteiger partial charge in [0.25, 0.3) is 6.67 Å². The first-order chi connectivity index (χ1) is 9.17. The first-order valence-corrected chi connectivity index (χ1v) is 5.92. The number of halogens is 1. The van der Waals surface area contributed by atoms with Gasteiger partial charge in [-0.1, -0.05) is 6.42 Å². The molecule has 1 aromatic carbocycles. The van der Waals surface area contributed by atoms with Crippen molar-refractivity contribution in [1.29, 1.82) is 0 Å². The van der Waals surface area contributed by atoms with E-state index in [2.05, 4.69) is 9.69 Å². The lowest BCUT2D eigenvalue weighted by molar-refractivity contribution is 0.632. The summed E-state index contributed by atoms with van der Waals surface area (Å²) < 4.78 is 13.5. The molecule has 1 aliphatic rings. The first kappa shape index (κ1) is 12.9.